The zero-order valence-corrected chi connectivity index (χ0v) is 14.8. The number of nitro benzene ring substituents is 1. The third-order valence-electron chi connectivity index (χ3n) is 6.27. The zero-order chi connectivity index (χ0) is 18.2. The van der Waals surface area contributed by atoms with Crippen LogP contribution in [-0.2, 0) is 19.5 Å². The number of amides is 1. The Hall–Kier alpha value is -1.93. The Balaban J connectivity index is 1.86. The Morgan fingerprint density at radius 1 is 1.16 bits per heavy atom. The predicted molar refractivity (Wildman–Crippen MR) is 93.0 cm³/mol. The molecule has 3 aliphatic rings. The number of rotatable bonds is 2. The largest absolute Gasteiger partial charge is 0.497 e. The number of nitrogens with one attached hydrogen (secondary N) is 1. The van der Waals surface area contributed by atoms with Crippen LogP contribution >= 0.6 is 0 Å². The first-order valence-electron chi connectivity index (χ1n) is 8.57. The van der Waals surface area contributed by atoms with Crippen LogP contribution in [-0.4, -0.2) is 29.2 Å². The summed E-state index contributed by atoms with van der Waals surface area (Å²) in [6.07, 6.45) is 2.38. The Morgan fingerprint density at radius 2 is 1.76 bits per heavy atom. The highest BCUT2D eigenvalue weighted by Gasteiger charge is 2.56. The molecular weight excluding hydrogens is 323 g/mol. The number of nitro groups is 1. The first-order chi connectivity index (χ1) is 11.6. The van der Waals surface area contributed by atoms with Gasteiger partial charge in [0.25, 0.3) is 5.69 Å². The first kappa shape index (κ1) is 16.5. The summed E-state index contributed by atoms with van der Waals surface area (Å²) >= 11 is 0. The summed E-state index contributed by atoms with van der Waals surface area (Å²) in [7, 11) is -0.755. The molecule has 1 saturated carbocycles. The monoisotopic (exact) mass is 344 g/mol. The van der Waals surface area contributed by atoms with Gasteiger partial charge in [-0.2, -0.15) is 0 Å². The third kappa shape index (κ3) is 2.10. The molecule has 2 aliphatic heterocycles. The molecule has 1 spiro atoms. The molecule has 0 atom stereocenters. The molecule has 2 heterocycles. The van der Waals surface area contributed by atoms with Crippen LogP contribution in [0.1, 0.15) is 52.5 Å². The number of carbonyl (C=O) groups is 1. The summed E-state index contributed by atoms with van der Waals surface area (Å²) < 4.78 is 12.1. The molecule has 1 amide bonds. The fraction of sp³-hybridized carbons (Fsp3) is 0.588. The standard InChI is InChI=1S/C17H21BN2O5/c1-15(2)16(3,4)25-18(24-15)12-9-10(20(22)23)8-11-13(12)19-14(21)17(11)6-5-7-17/h8-9H,5-7H2,1-4H3,(H,19,21). The zero-order valence-electron chi connectivity index (χ0n) is 14.8. The number of nitrogens with zero attached hydrogens (tertiary/aromatic N) is 1. The summed E-state index contributed by atoms with van der Waals surface area (Å²) in [6.45, 7) is 7.71. The molecule has 1 aromatic rings. The van der Waals surface area contributed by atoms with E-state index in [0.29, 0.717) is 16.7 Å². The van der Waals surface area contributed by atoms with E-state index in [1.807, 2.05) is 27.7 Å². The number of benzene rings is 1. The van der Waals surface area contributed by atoms with E-state index in [1.165, 1.54) is 12.1 Å². The number of carbonyl (C=O) groups excluding carboxylic acids is 1. The van der Waals surface area contributed by atoms with Crippen LogP contribution in [0.5, 0.6) is 0 Å². The van der Waals surface area contributed by atoms with Crippen molar-refractivity contribution >= 4 is 29.9 Å². The second-order valence-corrected chi connectivity index (χ2v) is 8.19. The van der Waals surface area contributed by atoms with E-state index in [-0.39, 0.29) is 11.6 Å². The molecule has 1 aromatic carbocycles. The van der Waals surface area contributed by atoms with Gasteiger partial charge in [-0.3, -0.25) is 14.9 Å². The Kier molecular flexibility index (Phi) is 3.19. The number of anilines is 1. The normalized spacial score (nSPS) is 24.8. The Bertz CT molecular complexity index is 784. The van der Waals surface area contributed by atoms with Gasteiger partial charge in [0, 0.05) is 23.3 Å². The van der Waals surface area contributed by atoms with Crippen LogP contribution < -0.4 is 10.8 Å². The van der Waals surface area contributed by atoms with Gasteiger partial charge in [-0.1, -0.05) is 6.42 Å². The van der Waals surface area contributed by atoms with Crippen LogP contribution in [0.2, 0.25) is 0 Å². The number of non-ortho nitro benzene ring substituents is 1. The van der Waals surface area contributed by atoms with E-state index in [2.05, 4.69) is 5.32 Å². The van der Waals surface area contributed by atoms with Gasteiger partial charge in [0.1, 0.15) is 0 Å². The molecule has 7 nitrogen and oxygen atoms in total. The van der Waals surface area contributed by atoms with E-state index in [1.54, 1.807) is 0 Å². The maximum atomic E-state index is 12.6. The lowest BCUT2D eigenvalue weighted by molar-refractivity contribution is -0.384. The molecule has 4 rings (SSSR count). The quantitative estimate of drug-likeness (QED) is 0.505. The summed E-state index contributed by atoms with van der Waals surface area (Å²) in [5, 5.41) is 14.4. The fourth-order valence-corrected chi connectivity index (χ4v) is 3.81. The molecule has 2 fully saturated rings. The molecule has 1 saturated heterocycles. The van der Waals surface area contributed by atoms with E-state index in [4.69, 9.17) is 9.31 Å². The smallest absolute Gasteiger partial charge is 0.399 e. The van der Waals surface area contributed by atoms with Gasteiger partial charge in [0.15, 0.2) is 0 Å². The lowest BCUT2D eigenvalue weighted by atomic mass is 9.64. The second-order valence-electron chi connectivity index (χ2n) is 8.19. The van der Waals surface area contributed by atoms with Crippen molar-refractivity contribution in [3.8, 4) is 0 Å². The lowest BCUT2D eigenvalue weighted by Crippen LogP contribution is -2.41. The van der Waals surface area contributed by atoms with E-state index >= 15 is 0 Å². The minimum atomic E-state index is -0.755. The first-order valence-corrected chi connectivity index (χ1v) is 8.57. The summed E-state index contributed by atoms with van der Waals surface area (Å²) in [4.78, 5) is 23.6. The summed E-state index contributed by atoms with van der Waals surface area (Å²) in [6, 6.07) is 2.99. The molecule has 25 heavy (non-hydrogen) atoms. The van der Waals surface area contributed by atoms with E-state index in [0.717, 1.165) is 19.3 Å². The highest BCUT2D eigenvalue weighted by molar-refractivity contribution is 6.64. The summed E-state index contributed by atoms with van der Waals surface area (Å²) in [5.74, 6) is -0.0768. The van der Waals surface area contributed by atoms with Crippen molar-refractivity contribution in [1.82, 2.24) is 0 Å². The van der Waals surface area contributed by atoms with Gasteiger partial charge in [-0.25, -0.2) is 0 Å². The van der Waals surface area contributed by atoms with E-state index < -0.39 is 28.7 Å². The van der Waals surface area contributed by atoms with Crippen LogP contribution in [0.3, 0.4) is 0 Å². The molecule has 0 bridgehead atoms. The van der Waals surface area contributed by atoms with Crippen molar-refractivity contribution in [2.75, 3.05) is 5.32 Å². The van der Waals surface area contributed by atoms with Gasteiger partial charge in [0.2, 0.25) is 5.91 Å². The van der Waals surface area contributed by atoms with Crippen LogP contribution in [0.15, 0.2) is 12.1 Å². The van der Waals surface area contributed by atoms with Gasteiger partial charge in [0.05, 0.1) is 21.5 Å². The van der Waals surface area contributed by atoms with Crippen LogP contribution in [0, 0.1) is 10.1 Å². The molecule has 0 aromatic heterocycles. The maximum absolute atomic E-state index is 12.6. The molecule has 1 aliphatic carbocycles. The van der Waals surface area contributed by atoms with Gasteiger partial charge >= 0.3 is 7.12 Å². The average molecular weight is 344 g/mol. The van der Waals surface area contributed by atoms with Crippen molar-refractivity contribution in [3.05, 3.63) is 27.8 Å². The van der Waals surface area contributed by atoms with Crippen molar-refractivity contribution in [2.45, 2.75) is 63.6 Å². The average Bonchev–Trinajstić information content (AvgIpc) is 2.86. The number of hydrogen-bond donors (Lipinski definition) is 1. The topological polar surface area (TPSA) is 90.7 Å². The molecular formula is C17H21BN2O5. The van der Waals surface area contributed by atoms with Crippen molar-refractivity contribution < 1.29 is 19.0 Å². The van der Waals surface area contributed by atoms with Crippen molar-refractivity contribution in [3.63, 3.8) is 0 Å². The van der Waals surface area contributed by atoms with Gasteiger partial charge in [-0.05, 0) is 46.1 Å². The predicted octanol–water partition coefficient (Wildman–Crippen LogP) is 2.27. The van der Waals surface area contributed by atoms with Crippen LogP contribution in [0.4, 0.5) is 11.4 Å². The molecule has 132 valence electrons. The molecule has 0 unspecified atom stereocenters. The Labute approximate surface area is 146 Å². The van der Waals surface area contributed by atoms with Gasteiger partial charge < -0.3 is 14.6 Å². The van der Waals surface area contributed by atoms with Crippen molar-refractivity contribution in [2.24, 2.45) is 0 Å². The van der Waals surface area contributed by atoms with Gasteiger partial charge in [-0.15, -0.1) is 0 Å². The minimum absolute atomic E-state index is 0.0359. The van der Waals surface area contributed by atoms with Crippen molar-refractivity contribution in [1.29, 1.82) is 0 Å². The molecule has 8 heteroatoms. The SMILES string of the molecule is CC1(C)OB(c2cc([N+](=O)[O-])cc3c2NC(=O)C32CCC2)OC1(C)C. The Morgan fingerprint density at radius 3 is 2.24 bits per heavy atom. The highest BCUT2D eigenvalue weighted by atomic mass is 16.7. The maximum Gasteiger partial charge on any atom is 0.497 e. The molecule has 1 N–H and O–H groups in total. The van der Waals surface area contributed by atoms with E-state index in [9.17, 15) is 14.9 Å². The van der Waals surface area contributed by atoms with Crippen LogP contribution in [0.25, 0.3) is 0 Å². The molecule has 0 radical (unpaired) electrons. The number of fused-ring (bicyclic) bond motifs is 2. The second kappa shape index (κ2) is 4.83. The fourth-order valence-electron chi connectivity index (χ4n) is 3.81. The highest BCUT2D eigenvalue weighted by Crippen LogP contribution is 2.51. The lowest BCUT2D eigenvalue weighted by Gasteiger charge is -2.36. The minimum Gasteiger partial charge on any atom is -0.399 e. The summed E-state index contributed by atoms with van der Waals surface area (Å²) in [5.41, 5.74) is 0.0696. The number of hydrogen-bond acceptors (Lipinski definition) is 5. The third-order valence-corrected chi connectivity index (χ3v) is 6.27.